The third kappa shape index (κ3) is 3.84. The Morgan fingerprint density at radius 2 is 1.83 bits per heavy atom. The van der Waals surface area contributed by atoms with E-state index in [1.807, 2.05) is 30.3 Å². The van der Waals surface area contributed by atoms with Crippen molar-refractivity contribution in [3.63, 3.8) is 0 Å². The quantitative estimate of drug-likeness (QED) is 0.636. The van der Waals surface area contributed by atoms with E-state index in [2.05, 4.69) is 22.2 Å². The fourth-order valence-electron chi connectivity index (χ4n) is 3.71. The molecule has 1 saturated heterocycles. The van der Waals surface area contributed by atoms with Crippen LogP contribution >= 0.6 is 0 Å². The second-order valence-electron chi connectivity index (χ2n) is 7.62. The van der Waals surface area contributed by atoms with Crippen LogP contribution in [0.15, 0.2) is 39.8 Å². The monoisotopic (exact) mass is 415 g/mol. The predicted molar refractivity (Wildman–Crippen MR) is 108 cm³/mol. The molecule has 0 bridgehead atoms. The molecule has 2 aromatic heterocycles. The number of hydrogen-bond donors (Lipinski definition) is 0. The highest BCUT2D eigenvalue weighted by Crippen LogP contribution is 2.28. The predicted octanol–water partition coefficient (Wildman–Crippen LogP) is 3.02. The Hall–Kier alpha value is -2.52. The van der Waals surface area contributed by atoms with Gasteiger partial charge in [0, 0.05) is 18.7 Å². The summed E-state index contributed by atoms with van der Waals surface area (Å²) >= 11 is 0. The summed E-state index contributed by atoms with van der Waals surface area (Å²) in [6.07, 6.45) is 1.77. The second-order valence-corrected chi connectivity index (χ2v) is 9.50. The van der Waals surface area contributed by atoms with Crippen molar-refractivity contribution in [2.75, 3.05) is 13.1 Å². The normalized spacial score (nSPS) is 16.4. The van der Waals surface area contributed by atoms with Gasteiger partial charge in [0.2, 0.25) is 21.7 Å². The Bertz CT molecular complexity index is 1100. The summed E-state index contributed by atoms with van der Waals surface area (Å²) in [6, 6.07) is 9.55. The second kappa shape index (κ2) is 7.72. The highest BCUT2D eigenvalue weighted by molar-refractivity contribution is 7.89. The van der Waals surface area contributed by atoms with E-state index in [1.54, 1.807) is 22.8 Å². The molecule has 154 valence electrons. The van der Waals surface area contributed by atoms with Crippen molar-refractivity contribution >= 4 is 10.0 Å². The van der Waals surface area contributed by atoms with Crippen LogP contribution in [0.3, 0.4) is 0 Å². The van der Waals surface area contributed by atoms with Gasteiger partial charge in [-0.05, 0) is 32.6 Å². The van der Waals surface area contributed by atoms with Crippen LogP contribution in [-0.4, -0.2) is 45.7 Å². The summed E-state index contributed by atoms with van der Waals surface area (Å²) in [6.45, 7) is 6.99. The van der Waals surface area contributed by atoms with Crippen molar-refractivity contribution in [3.8, 4) is 11.4 Å². The first-order chi connectivity index (χ1) is 13.9. The lowest BCUT2D eigenvalue weighted by molar-refractivity contribution is 0.288. The molecule has 0 spiro atoms. The SMILES string of the molecule is Cc1nn(Cc2nc(-c3ccccc3)no2)c(C)c1S(=O)(=O)N1CCC(C)CC1. The van der Waals surface area contributed by atoms with E-state index in [-0.39, 0.29) is 11.4 Å². The van der Waals surface area contributed by atoms with Crippen molar-refractivity contribution in [2.45, 2.75) is 45.1 Å². The van der Waals surface area contributed by atoms with E-state index >= 15 is 0 Å². The Labute approximate surface area is 170 Å². The molecule has 4 rings (SSSR count). The Kier molecular flexibility index (Phi) is 5.26. The molecule has 9 heteroatoms. The molecule has 8 nitrogen and oxygen atoms in total. The lowest BCUT2D eigenvalue weighted by Crippen LogP contribution is -2.38. The molecule has 0 amide bonds. The number of aromatic nitrogens is 4. The van der Waals surface area contributed by atoms with Crippen LogP contribution in [0.1, 0.15) is 37.0 Å². The van der Waals surface area contributed by atoms with Crippen LogP contribution in [0.4, 0.5) is 0 Å². The number of benzene rings is 1. The van der Waals surface area contributed by atoms with Crippen molar-refractivity contribution in [1.29, 1.82) is 0 Å². The molecular weight excluding hydrogens is 390 g/mol. The molecule has 1 aliphatic heterocycles. The van der Waals surface area contributed by atoms with Crippen LogP contribution in [0.2, 0.25) is 0 Å². The molecule has 1 aromatic carbocycles. The van der Waals surface area contributed by atoms with Gasteiger partial charge in [0.15, 0.2) is 0 Å². The van der Waals surface area contributed by atoms with E-state index < -0.39 is 10.0 Å². The zero-order chi connectivity index (χ0) is 20.6. The van der Waals surface area contributed by atoms with Crippen LogP contribution < -0.4 is 0 Å². The van der Waals surface area contributed by atoms with Gasteiger partial charge in [-0.25, -0.2) is 8.42 Å². The highest BCUT2D eigenvalue weighted by atomic mass is 32.2. The van der Waals surface area contributed by atoms with Crippen molar-refractivity contribution in [3.05, 3.63) is 47.6 Å². The third-order valence-electron chi connectivity index (χ3n) is 5.44. The third-order valence-corrected chi connectivity index (χ3v) is 7.59. The molecule has 0 unspecified atom stereocenters. The summed E-state index contributed by atoms with van der Waals surface area (Å²) in [5, 5.41) is 8.46. The van der Waals surface area contributed by atoms with Crippen LogP contribution in [0.25, 0.3) is 11.4 Å². The summed E-state index contributed by atoms with van der Waals surface area (Å²) in [4.78, 5) is 4.70. The standard InChI is InChI=1S/C20H25N5O3S/c1-14-9-11-24(12-10-14)29(26,27)19-15(2)22-25(16(19)3)13-18-21-20(23-28-18)17-7-5-4-6-8-17/h4-8,14H,9-13H2,1-3H3. The first-order valence-corrected chi connectivity index (χ1v) is 11.2. The molecule has 0 radical (unpaired) electrons. The molecule has 0 saturated carbocycles. The summed E-state index contributed by atoms with van der Waals surface area (Å²) in [5.41, 5.74) is 1.93. The maximum absolute atomic E-state index is 13.2. The molecule has 1 fully saturated rings. The molecule has 29 heavy (non-hydrogen) atoms. The first kappa shape index (κ1) is 19.8. The van der Waals surface area contributed by atoms with Gasteiger partial charge >= 0.3 is 0 Å². The largest absolute Gasteiger partial charge is 0.337 e. The smallest absolute Gasteiger partial charge is 0.248 e. The van der Waals surface area contributed by atoms with Gasteiger partial charge < -0.3 is 4.52 Å². The Morgan fingerprint density at radius 3 is 2.52 bits per heavy atom. The highest BCUT2D eigenvalue weighted by Gasteiger charge is 2.33. The van der Waals surface area contributed by atoms with E-state index in [4.69, 9.17) is 4.52 Å². The number of sulfonamides is 1. The molecule has 3 aromatic rings. The van der Waals surface area contributed by atoms with Crippen molar-refractivity contribution < 1.29 is 12.9 Å². The average Bonchev–Trinajstić information content (AvgIpc) is 3.27. The van der Waals surface area contributed by atoms with Crippen molar-refractivity contribution in [1.82, 2.24) is 24.2 Å². The molecule has 0 N–H and O–H groups in total. The minimum atomic E-state index is -3.57. The minimum absolute atomic E-state index is 0.221. The van der Waals surface area contributed by atoms with E-state index in [1.165, 1.54) is 0 Å². The zero-order valence-corrected chi connectivity index (χ0v) is 17.7. The molecule has 0 atom stereocenters. The number of rotatable bonds is 5. The van der Waals surface area contributed by atoms with Gasteiger partial charge in [-0.3, -0.25) is 4.68 Å². The maximum Gasteiger partial charge on any atom is 0.248 e. The lowest BCUT2D eigenvalue weighted by Gasteiger charge is -2.29. The van der Waals surface area contributed by atoms with Crippen LogP contribution in [-0.2, 0) is 16.6 Å². The van der Waals surface area contributed by atoms with Crippen molar-refractivity contribution in [2.24, 2.45) is 5.92 Å². The van der Waals surface area contributed by atoms with Gasteiger partial charge in [-0.2, -0.15) is 14.4 Å². The Morgan fingerprint density at radius 1 is 1.14 bits per heavy atom. The topological polar surface area (TPSA) is 94.1 Å². The number of aryl methyl sites for hydroxylation is 1. The lowest BCUT2D eigenvalue weighted by atomic mass is 10.0. The van der Waals surface area contributed by atoms with Crippen LogP contribution in [0.5, 0.6) is 0 Å². The van der Waals surface area contributed by atoms with E-state index in [0.29, 0.717) is 42.1 Å². The number of nitrogens with zero attached hydrogens (tertiary/aromatic N) is 5. The fraction of sp³-hybridized carbons (Fsp3) is 0.450. The van der Waals surface area contributed by atoms with E-state index in [0.717, 1.165) is 18.4 Å². The maximum atomic E-state index is 13.2. The first-order valence-electron chi connectivity index (χ1n) is 9.78. The molecule has 0 aliphatic carbocycles. The van der Waals surface area contributed by atoms with Gasteiger partial charge in [-0.1, -0.05) is 42.4 Å². The summed E-state index contributed by atoms with van der Waals surface area (Å²) in [7, 11) is -3.57. The van der Waals surface area contributed by atoms with E-state index in [9.17, 15) is 8.42 Å². The zero-order valence-electron chi connectivity index (χ0n) is 16.9. The molecule has 3 heterocycles. The average molecular weight is 416 g/mol. The molecule has 1 aliphatic rings. The fourth-order valence-corrected chi connectivity index (χ4v) is 5.56. The number of piperidine rings is 1. The summed E-state index contributed by atoms with van der Waals surface area (Å²) in [5.74, 6) is 1.44. The van der Waals surface area contributed by atoms with Gasteiger partial charge in [-0.15, -0.1) is 0 Å². The van der Waals surface area contributed by atoms with Gasteiger partial charge in [0.05, 0.1) is 11.4 Å². The summed E-state index contributed by atoms with van der Waals surface area (Å²) < 4.78 is 35.0. The number of hydrogen-bond acceptors (Lipinski definition) is 6. The van der Waals surface area contributed by atoms with Gasteiger partial charge in [0.1, 0.15) is 11.4 Å². The van der Waals surface area contributed by atoms with Gasteiger partial charge in [0.25, 0.3) is 0 Å². The van der Waals surface area contributed by atoms with Crippen LogP contribution in [0, 0.1) is 19.8 Å². The molecular formula is C20H25N5O3S. The minimum Gasteiger partial charge on any atom is -0.337 e. The Balaban J connectivity index is 1.59.